The van der Waals surface area contributed by atoms with Gasteiger partial charge < -0.3 is 24.4 Å². The molecule has 228 valence electrons. The fourth-order valence-corrected chi connectivity index (χ4v) is 7.83. The van der Waals surface area contributed by atoms with Gasteiger partial charge in [0.15, 0.2) is 0 Å². The Bertz CT molecular complexity index is 1610. The molecule has 3 fully saturated rings. The lowest BCUT2D eigenvalue weighted by molar-refractivity contribution is -0.161. The lowest BCUT2D eigenvalue weighted by Gasteiger charge is -2.39. The number of carbonyl (C=O) groups excluding carboxylic acids is 3. The molecule has 8 nitrogen and oxygen atoms in total. The largest absolute Gasteiger partial charge is 0.461 e. The number of nitrogens with zero attached hydrogens (tertiary/aromatic N) is 2. The zero-order valence-electron chi connectivity index (χ0n) is 24.9. The van der Waals surface area contributed by atoms with Crippen LogP contribution in [0, 0.1) is 11.8 Å². The highest BCUT2D eigenvalue weighted by atomic mass is 16.6. The highest BCUT2D eigenvalue weighted by molar-refractivity contribution is 6.06. The highest BCUT2D eigenvalue weighted by Gasteiger charge is 2.79. The predicted octanol–water partition coefficient (Wildman–Crippen LogP) is 4.98. The third kappa shape index (κ3) is 4.47. The van der Waals surface area contributed by atoms with Gasteiger partial charge >= 0.3 is 5.97 Å². The Hall–Kier alpha value is -4.27. The lowest BCUT2D eigenvalue weighted by atomic mass is 9.65. The van der Waals surface area contributed by atoms with E-state index < -0.39 is 47.7 Å². The number of esters is 1. The van der Waals surface area contributed by atoms with Crippen LogP contribution in [-0.2, 0) is 23.9 Å². The number of fused-ring (bicyclic) bond motifs is 2. The fraction of sp³-hybridized carbons (Fsp3) is 0.361. The van der Waals surface area contributed by atoms with Crippen molar-refractivity contribution < 1.29 is 29.0 Å². The van der Waals surface area contributed by atoms with Crippen molar-refractivity contribution in [1.29, 1.82) is 0 Å². The van der Waals surface area contributed by atoms with E-state index >= 15 is 4.79 Å². The van der Waals surface area contributed by atoms with Gasteiger partial charge in [0.1, 0.15) is 24.2 Å². The summed E-state index contributed by atoms with van der Waals surface area (Å²) >= 11 is 0. The van der Waals surface area contributed by atoms with Crippen LogP contribution in [0.25, 0.3) is 10.8 Å². The van der Waals surface area contributed by atoms with E-state index in [-0.39, 0.29) is 25.0 Å². The van der Waals surface area contributed by atoms with Crippen molar-refractivity contribution in [2.75, 3.05) is 24.7 Å². The Morgan fingerprint density at radius 1 is 1.07 bits per heavy atom. The maximum atomic E-state index is 15.0. The summed E-state index contributed by atoms with van der Waals surface area (Å²) in [7, 11) is 0. The number of anilines is 1. The fourth-order valence-electron chi connectivity index (χ4n) is 7.83. The van der Waals surface area contributed by atoms with Gasteiger partial charge in [0.2, 0.25) is 5.91 Å². The van der Waals surface area contributed by atoms with Gasteiger partial charge in [0.25, 0.3) is 5.91 Å². The van der Waals surface area contributed by atoms with E-state index in [9.17, 15) is 14.7 Å². The second kappa shape index (κ2) is 11.7. The zero-order chi connectivity index (χ0) is 31.1. The summed E-state index contributed by atoms with van der Waals surface area (Å²) in [5.74, 6) is -3.10. The van der Waals surface area contributed by atoms with Crippen molar-refractivity contribution in [3.63, 3.8) is 0 Å². The number of hydrogen-bond donors (Lipinski definition) is 1. The molecule has 3 aliphatic rings. The number of carbonyl (C=O) groups is 3. The van der Waals surface area contributed by atoms with Crippen LogP contribution in [0.15, 0.2) is 98.1 Å². The maximum Gasteiger partial charge on any atom is 0.313 e. The second-order valence-corrected chi connectivity index (χ2v) is 11.9. The molecule has 44 heavy (non-hydrogen) atoms. The second-order valence-electron chi connectivity index (χ2n) is 11.9. The third-order valence-corrected chi connectivity index (χ3v) is 9.77. The highest BCUT2D eigenvalue weighted by Crippen LogP contribution is 2.65. The Morgan fingerprint density at radius 3 is 2.48 bits per heavy atom. The van der Waals surface area contributed by atoms with Crippen LogP contribution in [0.5, 0.6) is 0 Å². The number of hydrogen-bond acceptors (Lipinski definition) is 6. The molecule has 0 aromatic heterocycles. The van der Waals surface area contributed by atoms with Gasteiger partial charge in [-0.05, 0) is 47.7 Å². The Kier molecular flexibility index (Phi) is 7.90. The summed E-state index contributed by atoms with van der Waals surface area (Å²) in [6.07, 6.45) is 4.55. The SMILES string of the molecule is C=CCOC(=O)[C@@H]1[C@H]2C(=O)N([C@H](CO)c3ccccc3)C(C(=O)N(CC=C)c3ccc4ccccc4c3)C23CC[C@@]1(CC)O3. The molecule has 3 aliphatic heterocycles. The Labute approximate surface area is 257 Å². The van der Waals surface area contributed by atoms with Crippen LogP contribution in [0.1, 0.15) is 37.8 Å². The molecule has 6 rings (SSSR count). The standard InChI is InChI=1S/C36H38N2O6/c1-4-20-37(27-17-16-24-12-10-11-15-26(24)22-27)33(41)31-36-19-18-35(6-3,44-36)30(34(42)43-21-5-2)29(36)32(40)38(31)28(23-39)25-13-8-7-9-14-25/h4-5,7-17,22,28-31,39H,1-2,6,18-21,23H2,3H3/t28-,29+,30+,31?,35-,36?/m1/s1. The van der Waals surface area contributed by atoms with Crippen molar-refractivity contribution in [2.24, 2.45) is 11.8 Å². The first-order valence-electron chi connectivity index (χ1n) is 15.2. The monoisotopic (exact) mass is 594 g/mol. The molecule has 2 bridgehead atoms. The minimum absolute atomic E-state index is 0.00741. The molecule has 3 aromatic carbocycles. The molecular formula is C36H38N2O6. The van der Waals surface area contributed by atoms with E-state index in [1.165, 1.54) is 11.0 Å². The summed E-state index contributed by atoms with van der Waals surface area (Å²) in [6, 6.07) is 20.9. The molecular weight excluding hydrogens is 556 g/mol. The van der Waals surface area contributed by atoms with Gasteiger partial charge in [-0.25, -0.2) is 0 Å². The van der Waals surface area contributed by atoms with Gasteiger partial charge in [-0.2, -0.15) is 0 Å². The summed E-state index contributed by atoms with van der Waals surface area (Å²) < 4.78 is 12.4. The average Bonchev–Trinajstić information content (AvgIpc) is 3.66. The number of ether oxygens (including phenoxy) is 2. The number of amides is 2. The molecule has 1 N–H and O–H groups in total. The van der Waals surface area contributed by atoms with E-state index in [0.717, 1.165) is 10.8 Å². The minimum Gasteiger partial charge on any atom is -0.461 e. The molecule has 1 spiro atoms. The van der Waals surface area contributed by atoms with Crippen LogP contribution in [0.3, 0.4) is 0 Å². The quantitative estimate of drug-likeness (QED) is 0.249. The van der Waals surface area contributed by atoms with Gasteiger partial charge in [-0.15, -0.1) is 6.58 Å². The maximum absolute atomic E-state index is 15.0. The first kappa shape index (κ1) is 29.8. The van der Waals surface area contributed by atoms with Gasteiger partial charge in [-0.1, -0.05) is 86.3 Å². The van der Waals surface area contributed by atoms with E-state index in [1.54, 1.807) is 11.0 Å². The molecule has 3 saturated heterocycles. The van der Waals surface area contributed by atoms with E-state index in [0.29, 0.717) is 30.5 Å². The van der Waals surface area contributed by atoms with Crippen molar-refractivity contribution in [1.82, 2.24) is 4.90 Å². The van der Waals surface area contributed by atoms with Crippen LogP contribution in [0.2, 0.25) is 0 Å². The van der Waals surface area contributed by atoms with E-state index in [1.807, 2.05) is 79.7 Å². The summed E-state index contributed by atoms with van der Waals surface area (Å²) in [5, 5.41) is 12.8. The lowest BCUT2D eigenvalue weighted by Crippen LogP contribution is -2.57. The Balaban J connectivity index is 1.51. The molecule has 0 aliphatic carbocycles. The van der Waals surface area contributed by atoms with Crippen molar-refractivity contribution in [3.05, 3.63) is 104 Å². The first-order valence-corrected chi connectivity index (χ1v) is 15.2. The summed E-state index contributed by atoms with van der Waals surface area (Å²) in [4.78, 5) is 46.5. The van der Waals surface area contributed by atoms with E-state index in [2.05, 4.69) is 13.2 Å². The van der Waals surface area contributed by atoms with Gasteiger partial charge in [0.05, 0.1) is 24.2 Å². The number of aliphatic hydroxyl groups excluding tert-OH is 1. The molecule has 0 radical (unpaired) electrons. The van der Waals surface area contributed by atoms with Crippen molar-refractivity contribution in [2.45, 2.75) is 49.5 Å². The van der Waals surface area contributed by atoms with Gasteiger partial charge in [-0.3, -0.25) is 14.4 Å². The molecule has 8 heteroatoms. The average molecular weight is 595 g/mol. The van der Waals surface area contributed by atoms with Crippen LogP contribution < -0.4 is 4.90 Å². The van der Waals surface area contributed by atoms with Crippen LogP contribution >= 0.6 is 0 Å². The number of likely N-dealkylation sites (tertiary alicyclic amines) is 1. The number of aliphatic hydroxyl groups is 1. The topological polar surface area (TPSA) is 96.4 Å². The third-order valence-electron chi connectivity index (χ3n) is 9.77. The van der Waals surface area contributed by atoms with Crippen LogP contribution in [0.4, 0.5) is 5.69 Å². The van der Waals surface area contributed by atoms with Crippen LogP contribution in [-0.4, -0.2) is 64.8 Å². The molecule has 2 unspecified atom stereocenters. The zero-order valence-corrected chi connectivity index (χ0v) is 24.9. The van der Waals surface area contributed by atoms with Crippen molar-refractivity contribution >= 4 is 34.2 Å². The van der Waals surface area contributed by atoms with E-state index in [4.69, 9.17) is 9.47 Å². The molecule has 2 amide bonds. The summed E-state index contributed by atoms with van der Waals surface area (Å²) in [5.41, 5.74) is -0.873. The number of rotatable bonds is 11. The molecule has 3 aromatic rings. The Morgan fingerprint density at radius 2 is 1.80 bits per heavy atom. The summed E-state index contributed by atoms with van der Waals surface area (Å²) in [6.45, 7) is 9.29. The number of benzene rings is 3. The first-order chi connectivity index (χ1) is 21.4. The van der Waals surface area contributed by atoms with Gasteiger partial charge in [0, 0.05) is 12.2 Å². The minimum atomic E-state index is -1.28. The molecule has 3 heterocycles. The molecule has 0 saturated carbocycles. The predicted molar refractivity (Wildman–Crippen MR) is 168 cm³/mol. The normalized spacial score (nSPS) is 27.6. The smallest absolute Gasteiger partial charge is 0.313 e. The molecule has 6 atom stereocenters. The van der Waals surface area contributed by atoms with Crippen molar-refractivity contribution in [3.8, 4) is 0 Å².